The van der Waals surface area contributed by atoms with Gasteiger partial charge in [-0.2, -0.15) is 0 Å². The Morgan fingerprint density at radius 1 is 1.10 bits per heavy atom. The van der Waals surface area contributed by atoms with E-state index in [1.165, 1.54) is 23.8 Å². The van der Waals surface area contributed by atoms with Gasteiger partial charge in [0.25, 0.3) is 5.91 Å². The number of para-hydroxylation sites is 1. The molecule has 0 aromatic heterocycles. The van der Waals surface area contributed by atoms with Crippen LogP contribution in [0.1, 0.15) is 22.3 Å². The standard InChI is InChI=1S/C21H20N2O6S/c1-29-20(27)14-9-7-13(8-10-14)12-22-16(11-18(24)25)19(26)23(21(22)28)15-5-3-4-6-17(15)30-2/h3-10,16H,11-12H2,1-2H3,(H,24,25)/t16-/m0/s1. The average Bonchev–Trinajstić information content (AvgIpc) is 2.97. The smallest absolute Gasteiger partial charge is 0.337 e. The molecule has 3 rings (SSSR count). The first kappa shape index (κ1) is 21.4. The Hall–Kier alpha value is -3.33. The number of ether oxygens (including phenoxy) is 1. The van der Waals surface area contributed by atoms with E-state index in [4.69, 9.17) is 0 Å². The van der Waals surface area contributed by atoms with E-state index in [0.29, 0.717) is 16.8 Å². The number of amides is 3. The van der Waals surface area contributed by atoms with Gasteiger partial charge in [0.05, 0.1) is 24.8 Å². The number of thioether (sulfide) groups is 1. The van der Waals surface area contributed by atoms with Gasteiger partial charge >= 0.3 is 18.0 Å². The van der Waals surface area contributed by atoms with Crippen molar-refractivity contribution in [1.29, 1.82) is 0 Å². The molecule has 0 saturated carbocycles. The van der Waals surface area contributed by atoms with Crippen LogP contribution in [0.5, 0.6) is 0 Å². The first-order valence-corrected chi connectivity index (χ1v) is 10.3. The van der Waals surface area contributed by atoms with Gasteiger partial charge in [-0.25, -0.2) is 14.5 Å². The molecule has 2 aromatic rings. The molecule has 0 spiro atoms. The second-order valence-electron chi connectivity index (χ2n) is 6.56. The van der Waals surface area contributed by atoms with Gasteiger partial charge in [-0.3, -0.25) is 9.59 Å². The minimum absolute atomic E-state index is 0.0297. The van der Waals surface area contributed by atoms with Crippen LogP contribution in [0.3, 0.4) is 0 Å². The van der Waals surface area contributed by atoms with Crippen molar-refractivity contribution < 1.29 is 29.0 Å². The molecule has 9 heteroatoms. The van der Waals surface area contributed by atoms with E-state index in [1.54, 1.807) is 48.5 Å². The minimum atomic E-state index is -1.17. The number of imide groups is 1. The number of rotatable bonds is 7. The van der Waals surface area contributed by atoms with E-state index in [0.717, 1.165) is 9.80 Å². The maximum Gasteiger partial charge on any atom is 0.337 e. The Morgan fingerprint density at radius 3 is 2.37 bits per heavy atom. The van der Waals surface area contributed by atoms with E-state index in [2.05, 4.69) is 4.74 Å². The van der Waals surface area contributed by atoms with Gasteiger partial charge < -0.3 is 14.7 Å². The summed E-state index contributed by atoms with van der Waals surface area (Å²) in [5.41, 5.74) is 1.43. The first-order valence-electron chi connectivity index (χ1n) is 9.04. The summed E-state index contributed by atoms with van der Waals surface area (Å²) in [6.07, 6.45) is 1.34. The highest BCUT2D eigenvalue weighted by Gasteiger charge is 2.47. The molecule has 1 aliphatic heterocycles. The molecule has 30 heavy (non-hydrogen) atoms. The molecule has 1 saturated heterocycles. The summed E-state index contributed by atoms with van der Waals surface area (Å²) in [5.74, 6) is -2.24. The van der Waals surface area contributed by atoms with Crippen molar-refractivity contribution in [3.63, 3.8) is 0 Å². The number of carboxylic acid groups (broad SMARTS) is 1. The fourth-order valence-electron chi connectivity index (χ4n) is 3.28. The average molecular weight is 428 g/mol. The van der Waals surface area contributed by atoms with E-state index in [-0.39, 0.29) is 6.54 Å². The van der Waals surface area contributed by atoms with Gasteiger partial charge in [0.15, 0.2) is 0 Å². The number of esters is 1. The van der Waals surface area contributed by atoms with E-state index < -0.39 is 36.3 Å². The molecular weight excluding hydrogens is 408 g/mol. The van der Waals surface area contributed by atoms with Crippen molar-refractivity contribution in [2.45, 2.75) is 23.9 Å². The quantitative estimate of drug-likeness (QED) is 0.411. The maximum atomic E-state index is 13.2. The van der Waals surface area contributed by atoms with Crippen LogP contribution >= 0.6 is 11.8 Å². The third-order valence-electron chi connectivity index (χ3n) is 4.74. The van der Waals surface area contributed by atoms with Gasteiger partial charge in [0.2, 0.25) is 0 Å². The van der Waals surface area contributed by atoms with Crippen molar-refractivity contribution in [2.24, 2.45) is 0 Å². The summed E-state index contributed by atoms with van der Waals surface area (Å²) in [6, 6.07) is 11.7. The molecular formula is C21H20N2O6S. The van der Waals surface area contributed by atoms with Crippen LogP contribution in [0, 0.1) is 0 Å². The number of carbonyl (C=O) groups is 4. The van der Waals surface area contributed by atoms with E-state index >= 15 is 0 Å². The summed E-state index contributed by atoms with van der Waals surface area (Å²) >= 11 is 1.39. The Balaban J connectivity index is 1.93. The summed E-state index contributed by atoms with van der Waals surface area (Å²) in [6.45, 7) is 0.0297. The molecule has 156 valence electrons. The molecule has 0 unspecified atom stereocenters. The van der Waals surface area contributed by atoms with Gasteiger partial charge in [0, 0.05) is 11.4 Å². The lowest BCUT2D eigenvalue weighted by Gasteiger charge is -2.21. The number of methoxy groups -OCH3 is 1. The Bertz CT molecular complexity index is 991. The third kappa shape index (κ3) is 4.16. The Labute approximate surface area is 177 Å². The predicted molar refractivity (Wildman–Crippen MR) is 110 cm³/mol. The van der Waals surface area contributed by atoms with Crippen LogP contribution in [0.25, 0.3) is 0 Å². The monoisotopic (exact) mass is 428 g/mol. The molecule has 0 bridgehead atoms. The highest BCUT2D eigenvalue weighted by atomic mass is 32.2. The Morgan fingerprint density at radius 2 is 1.77 bits per heavy atom. The third-order valence-corrected chi connectivity index (χ3v) is 5.53. The van der Waals surface area contributed by atoms with Crippen molar-refractivity contribution in [2.75, 3.05) is 18.3 Å². The van der Waals surface area contributed by atoms with Gasteiger partial charge in [-0.1, -0.05) is 24.3 Å². The molecule has 1 N–H and O–H groups in total. The molecule has 1 fully saturated rings. The normalized spacial score (nSPS) is 16.1. The van der Waals surface area contributed by atoms with Gasteiger partial charge in [-0.15, -0.1) is 11.8 Å². The number of aliphatic carboxylic acids is 1. The summed E-state index contributed by atoms with van der Waals surface area (Å²) in [7, 11) is 1.28. The number of nitrogens with zero attached hydrogens (tertiary/aromatic N) is 2. The van der Waals surface area contributed by atoms with E-state index in [9.17, 15) is 24.3 Å². The second kappa shape index (κ2) is 9.00. The lowest BCUT2D eigenvalue weighted by molar-refractivity contribution is -0.140. The highest BCUT2D eigenvalue weighted by molar-refractivity contribution is 7.98. The predicted octanol–water partition coefficient (Wildman–Crippen LogP) is 3.01. The SMILES string of the molecule is COC(=O)c1ccc(CN2C(=O)N(c3ccccc3SC)C(=O)[C@@H]2CC(=O)O)cc1. The molecule has 2 aromatic carbocycles. The lowest BCUT2D eigenvalue weighted by Crippen LogP contribution is -2.36. The Kier molecular flexibility index (Phi) is 6.41. The zero-order valence-corrected chi connectivity index (χ0v) is 17.2. The molecule has 8 nitrogen and oxygen atoms in total. The second-order valence-corrected chi connectivity index (χ2v) is 7.41. The maximum absolute atomic E-state index is 13.2. The number of benzene rings is 2. The van der Waals surface area contributed by atoms with Crippen LogP contribution in [-0.4, -0.2) is 53.3 Å². The van der Waals surface area contributed by atoms with Gasteiger partial charge in [0.1, 0.15) is 6.04 Å². The number of anilines is 1. The van der Waals surface area contributed by atoms with Crippen molar-refractivity contribution in [3.8, 4) is 0 Å². The molecule has 1 aliphatic rings. The number of carboxylic acids is 1. The van der Waals surface area contributed by atoms with Crippen LogP contribution in [0.4, 0.5) is 10.5 Å². The molecule has 0 aliphatic carbocycles. The summed E-state index contributed by atoms with van der Waals surface area (Å²) in [4.78, 5) is 52.2. The lowest BCUT2D eigenvalue weighted by atomic mass is 10.1. The fourth-order valence-corrected chi connectivity index (χ4v) is 3.86. The molecule has 3 amide bonds. The van der Waals surface area contributed by atoms with Crippen molar-refractivity contribution in [3.05, 3.63) is 59.7 Å². The van der Waals surface area contributed by atoms with E-state index in [1.807, 2.05) is 6.26 Å². The molecule has 0 radical (unpaired) electrons. The number of carbonyl (C=O) groups excluding carboxylic acids is 3. The summed E-state index contributed by atoms with van der Waals surface area (Å²) in [5, 5.41) is 9.28. The largest absolute Gasteiger partial charge is 0.481 e. The van der Waals surface area contributed by atoms with Crippen LogP contribution < -0.4 is 4.90 Å². The zero-order chi connectivity index (χ0) is 21.8. The molecule has 1 heterocycles. The number of hydrogen-bond donors (Lipinski definition) is 1. The zero-order valence-electron chi connectivity index (χ0n) is 16.4. The van der Waals surface area contributed by atoms with Crippen LogP contribution in [0.15, 0.2) is 53.4 Å². The molecule has 1 atom stereocenters. The fraction of sp³-hybridized carbons (Fsp3) is 0.238. The highest BCUT2D eigenvalue weighted by Crippen LogP contribution is 2.34. The van der Waals surface area contributed by atoms with Crippen LogP contribution in [-0.2, 0) is 20.9 Å². The first-order chi connectivity index (χ1) is 14.4. The van der Waals surface area contributed by atoms with Crippen LogP contribution in [0.2, 0.25) is 0 Å². The van der Waals surface area contributed by atoms with Gasteiger partial charge in [-0.05, 0) is 36.1 Å². The van der Waals surface area contributed by atoms with Crippen molar-refractivity contribution in [1.82, 2.24) is 4.90 Å². The summed E-state index contributed by atoms with van der Waals surface area (Å²) < 4.78 is 4.66. The number of urea groups is 1. The minimum Gasteiger partial charge on any atom is -0.481 e. The van der Waals surface area contributed by atoms with Crippen molar-refractivity contribution >= 4 is 41.3 Å². The number of hydrogen-bond acceptors (Lipinski definition) is 6. The topological polar surface area (TPSA) is 104 Å².